The first-order valence-electron chi connectivity index (χ1n) is 7.93. The number of hydrogen-bond acceptors (Lipinski definition) is 6. The van der Waals surface area contributed by atoms with E-state index in [9.17, 15) is 4.79 Å². The zero-order valence-electron chi connectivity index (χ0n) is 14.6. The molecule has 0 bridgehead atoms. The highest BCUT2D eigenvalue weighted by atomic mass is 127. The van der Waals surface area contributed by atoms with Crippen molar-refractivity contribution in [2.75, 3.05) is 5.32 Å². The molecule has 134 valence electrons. The summed E-state index contributed by atoms with van der Waals surface area (Å²) in [5.41, 5.74) is 2.11. The van der Waals surface area contributed by atoms with Gasteiger partial charge in [0.1, 0.15) is 15.1 Å². The van der Waals surface area contributed by atoms with Crippen molar-refractivity contribution in [3.05, 3.63) is 52.8 Å². The van der Waals surface area contributed by atoms with Gasteiger partial charge >= 0.3 is 6.09 Å². The van der Waals surface area contributed by atoms with Crippen LogP contribution in [0.25, 0.3) is 11.1 Å². The maximum Gasteiger partial charge on any atom is 0.435 e. The van der Waals surface area contributed by atoms with Gasteiger partial charge in [-0.05, 0) is 61.1 Å². The minimum absolute atomic E-state index is 0.501. The lowest BCUT2D eigenvalue weighted by Gasteiger charge is -2.18. The fourth-order valence-corrected chi connectivity index (χ4v) is 2.60. The average Bonchev–Trinajstić information content (AvgIpc) is 3.04. The van der Waals surface area contributed by atoms with E-state index in [1.54, 1.807) is 24.8 Å². The van der Waals surface area contributed by atoms with Gasteiger partial charge in [0.25, 0.3) is 0 Å². The van der Waals surface area contributed by atoms with Gasteiger partial charge in [-0.25, -0.2) is 9.78 Å². The highest BCUT2D eigenvalue weighted by molar-refractivity contribution is 14.1. The van der Waals surface area contributed by atoms with Gasteiger partial charge in [0, 0.05) is 17.4 Å². The highest BCUT2D eigenvalue weighted by Crippen LogP contribution is 2.23. The number of nitrogens with zero attached hydrogens (tertiary/aromatic N) is 4. The number of hydrogen-bond donors (Lipinski definition) is 1. The van der Waals surface area contributed by atoms with E-state index in [4.69, 9.17) is 4.74 Å². The third kappa shape index (κ3) is 4.78. The molecule has 0 unspecified atom stereocenters. The van der Waals surface area contributed by atoms with Crippen molar-refractivity contribution in [1.29, 1.82) is 0 Å². The number of aromatic nitrogens is 4. The summed E-state index contributed by atoms with van der Waals surface area (Å²) in [6, 6.07) is 7.75. The average molecular weight is 463 g/mol. The van der Waals surface area contributed by atoms with Crippen LogP contribution in [-0.4, -0.2) is 31.4 Å². The highest BCUT2D eigenvalue weighted by Gasteiger charge is 2.18. The Kier molecular flexibility index (Phi) is 5.21. The predicted octanol–water partition coefficient (Wildman–Crippen LogP) is 4.47. The molecule has 0 fully saturated rings. The van der Waals surface area contributed by atoms with E-state index >= 15 is 0 Å². The van der Waals surface area contributed by atoms with E-state index in [0.29, 0.717) is 5.82 Å². The zero-order valence-corrected chi connectivity index (χ0v) is 16.8. The minimum Gasteiger partial charge on any atom is -0.442 e. The molecular formula is C18H18IN5O2. The molecule has 3 aromatic rings. The molecule has 26 heavy (non-hydrogen) atoms. The van der Waals surface area contributed by atoms with E-state index in [1.807, 2.05) is 45.0 Å². The number of halogens is 1. The van der Waals surface area contributed by atoms with Crippen LogP contribution >= 0.6 is 22.6 Å². The summed E-state index contributed by atoms with van der Waals surface area (Å²) < 4.78 is 7.33. The second-order valence-corrected chi connectivity index (χ2v) is 7.69. The van der Waals surface area contributed by atoms with Gasteiger partial charge < -0.3 is 10.1 Å². The second kappa shape index (κ2) is 7.40. The van der Waals surface area contributed by atoms with Gasteiger partial charge in [0.2, 0.25) is 0 Å². The standard InChI is InChI=1S/C18H18IN5O2/c1-18(2,3)26-17(25)24-11-13(8-21-24)12-4-6-14(7-5-12)22-16-10-20-9-15(19)23-16/h4-11H,1-3H3,(H,22,23). The Morgan fingerprint density at radius 2 is 1.85 bits per heavy atom. The van der Waals surface area contributed by atoms with Crippen molar-refractivity contribution >= 4 is 40.2 Å². The maximum absolute atomic E-state index is 12.0. The van der Waals surface area contributed by atoms with Gasteiger partial charge in [-0.1, -0.05) is 12.1 Å². The molecule has 0 aliphatic heterocycles. The molecule has 0 amide bonds. The van der Waals surface area contributed by atoms with E-state index < -0.39 is 11.7 Å². The molecule has 0 saturated heterocycles. The molecule has 1 aromatic carbocycles. The number of rotatable bonds is 3. The molecule has 7 nitrogen and oxygen atoms in total. The van der Waals surface area contributed by atoms with Gasteiger partial charge in [-0.2, -0.15) is 9.78 Å². The van der Waals surface area contributed by atoms with E-state index in [1.165, 1.54) is 4.68 Å². The molecule has 2 heterocycles. The molecule has 0 atom stereocenters. The van der Waals surface area contributed by atoms with Gasteiger partial charge in [0.05, 0.1) is 18.6 Å². The molecule has 0 aliphatic rings. The van der Waals surface area contributed by atoms with Crippen molar-refractivity contribution in [1.82, 2.24) is 19.7 Å². The third-order valence-electron chi connectivity index (χ3n) is 3.26. The van der Waals surface area contributed by atoms with Crippen molar-refractivity contribution < 1.29 is 9.53 Å². The van der Waals surface area contributed by atoms with Crippen LogP contribution in [0.1, 0.15) is 20.8 Å². The van der Waals surface area contributed by atoms with Crippen LogP contribution in [0.3, 0.4) is 0 Å². The maximum atomic E-state index is 12.0. The lowest BCUT2D eigenvalue weighted by atomic mass is 10.1. The Balaban J connectivity index is 1.72. The molecule has 0 saturated carbocycles. The third-order valence-corrected chi connectivity index (χ3v) is 3.78. The van der Waals surface area contributed by atoms with Crippen molar-refractivity contribution in [3.8, 4) is 11.1 Å². The van der Waals surface area contributed by atoms with Gasteiger partial charge in [0.15, 0.2) is 0 Å². The predicted molar refractivity (Wildman–Crippen MR) is 107 cm³/mol. The first-order chi connectivity index (χ1) is 12.3. The second-order valence-electron chi connectivity index (χ2n) is 6.58. The summed E-state index contributed by atoms with van der Waals surface area (Å²) >= 11 is 2.12. The molecule has 3 rings (SSSR count). The minimum atomic E-state index is -0.561. The molecule has 0 aliphatic carbocycles. The van der Waals surface area contributed by atoms with Crippen LogP contribution in [0.15, 0.2) is 49.1 Å². The van der Waals surface area contributed by atoms with Crippen molar-refractivity contribution in [2.24, 2.45) is 0 Å². The molecule has 8 heteroatoms. The van der Waals surface area contributed by atoms with Crippen LogP contribution in [0.5, 0.6) is 0 Å². The number of carbonyl (C=O) groups is 1. The Bertz CT molecular complexity index is 916. The smallest absolute Gasteiger partial charge is 0.435 e. The van der Waals surface area contributed by atoms with E-state index in [0.717, 1.165) is 20.5 Å². The quantitative estimate of drug-likeness (QED) is 0.578. The van der Waals surface area contributed by atoms with Crippen LogP contribution < -0.4 is 5.32 Å². The summed E-state index contributed by atoms with van der Waals surface area (Å²) in [7, 11) is 0. The lowest BCUT2D eigenvalue weighted by molar-refractivity contribution is 0.0514. The fraction of sp³-hybridized carbons (Fsp3) is 0.222. The summed E-state index contributed by atoms with van der Waals surface area (Å²) in [6.45, 7) is 5.46. The first kappa shape index (κ1) is 18.3. The largest absolute Gasteiger partial charge is 0.442 e. The van der Waals surface area contributed by atoms with Crippen LogP contribution in [-0.2, 0) is 4.74 Å². The lowest BCUT2D eigenvalue weighted by Crippen LogP contribution is -2.27. The summed E-state index contributed by atoms with van der Waals surface area (Å²) in [4.78, 5) is 20.5. The molecule has 2 aromatic heterocycles. The number of ether oxygens (including phenoxy) is 1. The summed E-state index contributed by atoms with van der Waals surface area (Å²) in [5.74, 6) is 0.683. The van der Waals surface area contributed by atoms with Gasteiger partial charge in [-0.3, -0.25) is 4.98 Å². The van der Waals surface area contributed by atoms with Crippen molar-refractivity contribution in [3.63, 3.8) is 0 Å². The monoisotopic (exact) mass is 463 g/mol. The zero-order chi connectivity index (χ0) is 18.7. The van der Waals surface area contributed by atoms with E-state index in [-0.39, 0.29) is 0 Å². The molecule has 1 N–H and O–H groups in total. The summed E-state index contributed by atoms with van der Waals surface area (Å²) in [5, 5.41) is 7.28. The molecule has 0 radical (unpaired) electrons. The Morgan fingerprint density at radius 1 is 1.12 bits per heavy atom. The van der Waals surface area contributed by atoms with Crippen molar-refractivity contribution in [2.45, 2.75) is 26.4 Å². The molecular weight excluding hydrogens is 445 g/mol. The number of carbonyl (C=O) groups excluding carboxylic acids is 1. The normalized spacial score (nSPS) is 11.2. The Morgan fingerprint density at radius 3 is 2.50 bits per heavy atom. The SMILES string of the molecule is CC(C)(C)OC(=O)n1cc(-c2ccc(Nc3cncc(I)n3)cc2)cn1. The van der Waals surface area contributed by atoms with Gasteiger partial charge in [-0.15, -0.1) is 0 Å². The number of benzene rings is 1. The Hall–Kier alpha value is -2.49. The first-order valence-corrected chi connectivity index (χ1v) is 9.01. The van der Waals surface area contributed by atoms with Crippen LogP contribution in [0.2, 0.25) is 0 Å². The number of nitrogens with one attached hydrogen (secondary N) is 1. The summed E-state index contributed by atoms with van der Waals surface area (Å²) in [6.07, 6.45) is 6.15. The van der Waals surface area contributed by atoms with Crippen LogP contribution in [0.4, 0.5) is 16.3 Å². The topological polar surface area (TPSA) is 81.9 Å². The number of anilines is 2. The molecule has 0 spiro atoms. The fourth-order valence-electron chi connectivity index (χ4n) is 2.18. The van der Waals surface area contributed by atoms with Crippen LogP contribution in [0, 0.1) is 3.70 Å². The Labute approximate surface area is 165 Å². The van der Waals surface area contributed by atoms with E-state index in [2.05, 4.69) is 43.0 Å².